The maximum atomic E-state index is 11.4. The topological polar surface area (TPSA) is 75.1 Å². The third-order valence-corrected chi connectivity index (χ3v) is 3.12. The largest absolute Gasteiger partial charge is 0.478 e. The van der Waals surface area contributed by atoms with Gasteiger partial charge in [-0.15, -0.1) is 0 Å². The predicted molar refractivity (Wildman–Crippen MR) is 76.9 cm³/mol. The number of carboxylic acid groups (broad SMARTS) is 1. The molecule has 0 fully saturated rings. The number of aryl methyl sites for hydroxylation is 2. The van der Waals surface area contributed by atoms with E-state index in [9.17, 15) is 9.90 Å². The molecule has 0 amide bonds. The zero-order valence-electron chi connectivity index (χ0n) is 11.7. The van der Waals surface area contributed by atoms with E-state index in [0.717, 1.165) is 11.3 Å². The van der Waals surface area contributed by atoms with Gasteiger partial charge in [0.2, 0.25) is 0 Å². The first-order valence-electron chi connectivity index (χ1n) is 6.37. The lowest BCUT2D eigenvalue weighted by Crippen LogP contribution is -2.14. The summed E-state index contributed by atoms with van der Waals surface area (Å²) in [6, 6.07) is 5.50. The fourth-order valence-electron chi connectivity index (χ4n) is 2.15. The molecule has 0 spiro atoms. The Hall–Kier alpha value is -2.43. The Morgan fingerprint density at radius 1 is 1.30 bits per heavy atom. The van der Waals surface area contributed by atoms with Gasteiger partial charge in [-0.25, -0.2) is 9.78 Å². The van der Waals surface area contributed by atoms with Crippen molar-refractivity contribution in [3.63, 3.8) is 0 Å². The summed E-state index contributed by atoms with van der Waals surface area (Å²) in [5.74, 6) is -0.571. The molecule has 2 aromatic heterocycles. The fraction of sp³-hybridized carbons (Fsp3) is 0.267. The highest BCUT2D eigenvalue weighted by molar-refractivity contribution is 5.94. The first-order valence-corrected chi connectivity index (χ1v) is 6.37. The molecule has 0 saturated carbocycles. The highest BCUT2D eigenvalue weighted by Crippen LogP contribution is 2.23. The zero-order chi connectivity index (χ0) is 14.7. The van der Waals surface area contributed by atoms with Gasteiger partial charge in [0.1, 0.15) is 11.4 Å². The molecule has 1 atom stereocenters. The second-order valence-electron chi connectivity index (χ2n) is 4.76. The first-order chi connectivity index (χ1) is 9.49. The van der Waals surface area contributed by atoms with Crippen LogP contribution in [0.2, 0.25) is 0 Å². The SMILES string of the molecule is Cc1cc(C)c(C(=O)O)c(NC(C)c2ccncc2)n1. The van der Waals surface area contributed by atoms with Crippen LogP contribution in [0.4, 0.5) is 5.82 Å². The number of aromatic nitrogens is 2. The van der Waals surface area contributed by atoms with Crippen LogP contribution in [0.3, 0.4) is 0 Å². The quantitative estimate of drug-likeness (QED) is 0.894. The van der Waals surface area contributed by atoms with Crippen LogP contribution < -0.4 is 5.32 Å². The van der Waals surface area contributed by atoms with Gasteiger partial charge in [0.25, 0.3) is 0 Å². The summed E-state index contributed by atoms with van der Waals surface area (Å²) >= 11 is 0. The van der Waals surface area contributed by atoms with Crippen LogP contribution in [0.5, 0.6) is 0 Å². The van der Waals surface area contributed by atoms with Gasteiger partial charge >= 0.3 is 5.97 Å². The molecule has 104 valence electrons. The molecule has 0 bridgehead atoms. The molecule has 5 heteroatoms. The summed E-state index contributed by atoms with van der Waals surface area (Å²) in [7, 11) is 0. The molecule has 2 N–H and O–H groups in total. The van der Waals surface area contributed by atoms with E-state index < -0.39 is 5.97 Å². The molecular formula is C15H17N3O2. The minimum atomic E-state index is -0.973. The molecule has 20 heavy (non-hydrogen) atoms. The van der Waals surface area contributed by atoms with Crippen LogP contribution in [0.1, 0.15) is 40.1 Å². The number of nitrogens with zero attached hydrogens (tertiary/aromatic N) is 2. The van der Waals surface area contributed by atoms with Gasteiger partial charge in [0, 0.05) is 18.1 Å². The van der Waals surface area contributed by atoms with Crippen molar-refractivity contribution in [3.05, 3.63) is 53.0 Å². The molecule has 0 radical (unpaired) electrons. The van der Waals surface area contributed by atoms with Crippen LogP contribution in [0, 0.1) is 13.8 Å². The minimum absolute atomic E-state index is 0.0511. The highest BCUT2D eigenvalue weighted by atomic mass is 16.4. The number of hydrogen-bond donors (Lipinski definition) is 2. The number of aromatic carboxylic acids is 1. The van der Waals surface area contributed by atoms with Crippen molar-refractivity contribution < 1.29 is 9.90 Å². The Morgan fingerprint density at radius 2 is 1.95 bits per heavy atom. The molecule has 0 saturated heterocycles. The molecule has 2 aromatic rings. The number of nitrogens with one attached hydrogen (secondary N) is 1. The Bertz CT molecular complexity index is 627. The minimum Gasteiger partial charge on any atom is -0.478 e. The second-order valence-corrected chi connectivity index (χ2v) is 4.76. The standard InChI is InChI=1S/C15H17N3O2/c1-9-8-10(2)17-14(13(9)15(19)20)18-11(3)12-4-6-16-7-5-12/h4-8,11H,1-3H3,(H,17,18)(H,19,20). The lowest BCUT2D eigenvalue weighted by atomic mass is 10.1. The van der Waals surface area contributed by atoms with Gasteiger partial charge in [-0.05, 0) is 50.1 Å². The van der Waals surface area contributed by atoms with Crippen LogP contribution >= 0.6 is 0 Å². The van der Waals surface area contributed by atoms with Crippen molar-refractivity contribution in [3.8, 4) is 0 Å². The van der Waals surface area contributed by atoms with Crippen molar-refractivity contribution in [2.45, 2.75) is 26.8 Å². The van der Waals surface area contributed by atoms with E-state index in [0.29, 0.717) is 11.4 Å². The van der Waals surface area contributed by atoms with Crippen molar-refractivity contribution in [2.75, 3.05) is 5.32 Å². The zero-order valence-corrected chi connectivity index (χ0v) is 11.7. The van der Waals surface area contributed by atoms with Crippen molar-refractivity contribution in [2.24, 2.45) is 0 Å². The van der Waals surface area contributed by atoms with Crippen LogP contribution in [-0.4, -0.2) is 21.0 Å². The summed E-state index contributed by atoms with van der Waals surface area (Å²) in [4.78, 5) is 19.7. The molecule has 0 aromatic carbocycles. The monoisotopic (exact) mass is 271 g/mol. The lowest BCUT2D eigenvalue weighted by molar-refractivity contribution is 0.0696. The summed E-state index contributed by atoms with van der Waals surface area (Å²) in [6.45, 7) is 5.58. The predicted octanol–water partition coefficient (Wildman–Crippen LogP) is 2.96. The smallest absolute Gasteiger partial charge is 0.339 e. The molecule has 0 aliphatic rings. The summed E-state index contributed by atoms with van der Waals surface area (Å²) in [5, 5.41) is 12.5. The van der Waals surface area contributed by atoms with E-state index in [1.165, 1.54) is 0 Å². The van der Waals surface area contributed by atoms with Gasteiger partial charge in [-0.1, -0.05) is 0 Å². The Labute approximate surface area is 117 Å². The fourth-order valence-corrected chi connectivity index (χ4v) is 2.15. The van der Waals surface area contributed by atoms with Crippen molar-refractivity contribution in [1.82, 2.24) is 9.97 Å². The average molecular weight is 271 g/mol. The van der Waals surface area contributed by atoms with Crippen LogP contribution in [0.15, 0.2) is 30.6 Å². The van der Waals surface area contributed by atoms with E-state index in [1.54, 1.807) is 25.4 Å². The highest BCUT2D eigenvalue weighted by Gasteiger charge is 2.17. The molecule has 5 nitrogen and oxygen atoms in total. The van der Waals surface area contributed by atoms with Crippen molar-refractivity contribution >= 4 is 11.8 Å². The van der Waals surface area contributed by atoms with E-state index >= 15 is 0 Å². The third-order valence-electron chi connectivity index (χ3n) is 3.12. The molecule has 2 rings (SSSR count). The van der Waals surface area contributed by atoms with Crippen molar-refractivity contribution in [1.29, 1.82) is 0 Å². The molecular weight excluding hydrogens is 254 g/mol. The van der Waals surface area contributed by atoms with E-state index in [1.807, 2.05) is 26.0 Å². The van der Waals surface area contributed by atoms with Crippen LogP contribution in [-0.2, 0) is 0 Å². The Morgan fingerprint density at radius 3 is 2.55 bits per heavy atom. The number of hydrogen-bond acceptors (Lipinski definition) is 4. The normalized spacial score (nSPS) is 11.9. The maximum absolute atomic E-state index is 11.4. The van der Waals surface area contributed by atoms with E-state index in [4.69, 9.17) is 0 Å². The number of anilines is 1. The summed E-state index contributed by atoms with van der Waals surface area (Å²) in [6.07, 6.45) is 3.42. The summed E-state index contributed by atoms with van der Waals surface area (Å²) < 4.78 is 0. The third kappa shape index (κ3) is 2.93. The van der Waals surface area contributed by atoms with Gasteiger partial charge in [0.05, 0.1) is 6.04 Å². The van der Waals surface area contributed by atoms with Gasteiger partial charge in [-0.2, -0.15) is 0 Å². The van der Waals surface area contributed by atoms with E-state index in [2.05, 4.69) is 15.3 Å². The Balaban J connectivity index is 2.36. The first kappa shape index (κ1) is 14.0. The molecule has 2 heterocycles. The molecule has 0 aliphatic heterocycles. The van der Waals surface area contributed by atoms with Gasteiger partial charge in [0.15, 0.2) is 0 Å². The average Bonchev–Trinajstić information content (AvgIpc) is 2.38. The van der Waals surface area contributed by atoms with Gasteiger partial charge in [-0.3, -0.25) is 4.98 Å². The second kappa shape index (κ2) is 5.69. The maximum Gasteiger partial charge on any atom is 0.339 e. The summed E-state index contributed by atoms with van der Waals surface area (Å²) in [5.41, 5.74) is 2.74. The molecule has 0 aliphatic carbocycles. The number of carboxylic acids is 1. The Kier molecular flexibility index (Phi) is 3.98. The van der Waals surface area contributed by atoms with Gasteiger partial charge < -0.3 is 10.4 Å². The number of rotatable bonds is 4. The number of carbonyl (C=O) groups is 1. The lowest BCUT2D eigenvalue weighted by Gasteiger charge is -2.17. The van der Waals surface area contributed by atoms with E-state index in [-0.39, 0.29) is 11.6 Å². The molecule has 1 unspecified atom stereocenters. The van der Waals surface area contributed by atoms with Crippen LogP contribution in [0.25, 0.3) is 0 Å². The number of pyridine rings is 2.